The zero-order chi connectivity index (χ0) is 17.2. The van der Waals surface area contributed by atoms with Crippen molar-refractivity contribution in [3.8, 4) is 0 Å². The van der Waals surface area contributed by atoms with E-state index in [1.54, 1.807) is 0 Å². The van der Waals surface area contributed by atoms with Crippen LogP contribution in [-0.2, 0) is 14.6 Å². The summed E-state index contributed by atoms with van der Waals surface area (Å²) in [6.07, 6.45) is 0.930. The van der Waals surface area contributed by atoms with Gasteiger partial charge in [-0.25, -0.2) is 13.2 Å². The number of carbonyl (C=O) groups is 3. The van der Waals surface area contributed by atoms with E-state index in [0.29, 0.717) is 0 Å². The normalized spacial score (nSPS) is 18.2. The van der Waals surface area contributed by atoms with Crippen molar-refractivity contribution >= 4 is 27.6 Å². The Morgan fingerprint density at radius 2 is 1.91 bits per heavy atom. The number of carbonyl (C=O) groups excluding carboxylic acids is 2. The van der Waals surface area contributed by atoms with Crippen molar-refractivity contribution < 1.29 is 32.3 Å². The van der Waals surface area contributed by atoms with Crippen LogP contribution in [-0.4, -0.2) is 66.8 Å². The highest BCUT2D eigenvalue weighted by atomic mass is 32.2. The van der Waals surface area contributed by atoms with E-state index in [-0.39, 0.29) is 35.9 Å². The van der Waals surface area contributed by atoms with Gasteiger partial charge in [0.2, 0.25) is 5.91 Å². The lowest BCUT2D eigenvalue weighted by molar-refractivity contribution is -0.132. The molecule has 9 nitrogen and oxygen atoms in total. The van der Waals surface area contributed by atoms with Crippen molar-refractivity contribution in [3.05, 3.63) is 23.7 Å². The molecule has 0 saturated carbocycles. The third-order valence-electron chi connectivity index (χ3n) is 3.44. The molecule has 1 aromatic rings. The van der Waals surface area contributed by atoms with Gasteiger partial charge >= 0.3 is 5.97 Å². The number of sulfone groups is 1. The van der Waals surface area contributed by atoms with Crippen LogP contribution < -0.4 is 5.32 Å². The molecule has 23 heavy (non-hydrogen) atoms. The Balaban J connectivity index is 1.95. The molecule has 1 fully saturated rings. The van der Waals surface area contributed by atoms with Gasteiger partial charge in [0.1, 0.15) is 12.3 Å². The Bertz CT molecular complexity index is 723. The summed E-state index contributed by atoms with van der Waals surface area (Å²) in [5, 5.41) is 11.2. The molecule has 2 heterocycles. The van der Waals surface area contributed by atoms with Crippen LogP contribution in [0.15, 0.2) is 16.7 Å². The minimum absolute atomic E-state index is 0.0886. The summed E-state index contributed by atoms with van der Waals surface area (Å²) in [7, 11) is -3.10. The summed E-state index contributed by atoms with van der Waals surface area (Å²) in [6.45, 7) is 1.64. The molecule has 0 bridgehead atoms. The predicted octanol–water partition coefficient (Wildman–Crippen LogP) is -0.647. The monoisotopic (exact) mass is 344 g/mol. The smallest absolute Gasteiger partial charge is 0.338 e. The number of hydrogen-bond acceptors (Lipinski definition) is 6. The lowest BCUT2D eigenvalue weighted by Crippen LogP contribution is -2.51. The van der Waals surface area contributed by atoms with E-state index in [1.807, 2.05) is 0 Å². The molecule has 1 saturated heterocycles. The van der Waals surface area contributed by atoms with Gasteiger partial charge in [-0.15, -0.1) is 0 Å². The van der Waals surface area contributed by atoms with Gasteiger partial charge in [0.15, 0.2) is 15.6 Å². The molecular weight excluding hydrogens is 328 g/mol. The Labute approximate surface area is 132 Å². The zero-order valence-corrected chi connectivity index (χ0v) is 13.1. The van der Waals surface area contributed by atoms with Gasteiger partial charge in [-0.1, -0.05) is 0 Å². The van der Waals surface area contributed by atoms with Gasteiger partial charge in [-0.05, 0) is 6.92 Å². The first kappa shape index (κ1) is 17.0. The maximum atomic E-state index is 12.2. The SMILES string of the molecule is CC(NC(=O)c1cc(C(=O)O)co1)C(=O)N1CCS(=O)(=O)CC1. The molecule has 1 aromatic heterocycles. The second-order valence-corrected chi connectivity index (χ2v) is 7.48. The highest BCUT2D eigenvalue weighted by molar-refractivity contribution is 7.91. The van der Waals surface area contributed by atoms with Crippen LogP contribution in [0.5, 0.6) is 0 Å². The molecule has 2 rings (SSSR count). The number of amides is 2. The van der Waals surface area contributed by atoms with Crippen LogP contribution in [0.4, 0.5) is 0 Å². The minimum atomic E-state index is -3.10. The van der Waals surface area contributed by atoms with Gasteiger partial charge in [0, 0.05) is 19.2 Å². The number of carboxylic acid groups (broad SMARTS) is 1. The topological polar surface area (TPSA) is 134 Å². The summed E-state index contributed by atoms with van der Waals surface area (Å²) in [6, 6.07) is 0.171. The van der Waals surface area contributed by atoms with Gasteiger partial charge in [0.05, 0.1) is 17.1 Å². The molecule has 0 aromatic carbocycles. The van der Waals surface area contributed by atoms with E-state index in [2.05, 4.69) is 5.32 Å². The lowest BCUT2D eigenvalue weighted by atomic mass is 10.2. The summed E-state index contributed by atoms with van der Waals surface area (Å²) < 4.78 is 27.5. The highest BCUT2D eigenvalue weighted by Gasteiger charge is 2.29. The maximum absolute atomic E-state index is 12.2. The lowest BCUT2D eigenvalue weighted by Gasteiger charge is -2.29. The number of furan rings is 1. The van der Waals surface area contributed by atoms with Crippen LogP contribution in [0.2, 0.25) is 0 Å². The highest BCUT2D eigenvalue weighted by Crippen LogP contribution is 2.09. The molecule has 0 radical (unpaired) electrons. The molecule has 1 unspecified atom stereocenters. The van der Waals surface area contributed by atoms with Gasteiger partial charge in [-0.3, -0.25) is 9.59 Å². The minimum Gasteiger partial charge on any atom is -0.478 e. The van der Waals surface area contributed by atoms with Crippen LogP contribution >= 0.6 is 0 Å². The molecule has 2 amide bonds. The quantitative estimate of drug-likeness (QED) is 0.741. The Hall–Kier alpha value is -2.36. The number of nitrogens with one attached hydrogen (secondary N) is 1. The fourth-order valence-corrected chi connectivity index (χ4v) is 3.30. The van der Waals surface area contributed by atoms with Gasteiger partial charge < -0.3 is 19.7 Å². The average Bonchev–Trinajstić information content (AvgIpc) is 2.96. The van der Waals surface area contributed by atoms with Crippen molar-refractivity contribution in [1.82, 2.24) is 10.2 Å². The number of rotatable bonds is 4. The summed E-state index contributed by atoms with van der Waals surface area (Å²) in [5.41, 5.74) is -0.171. The summed E-state index contributed by atoms with van der Waals surface area (Å²) >= 11 is 0. The van der Waals surface area contributed by atoms with Crippen molar-refractivity contribution in [2.75, 3.05) is 24.6 Å². The second-order valence-electron chi connectivity index (χ2n) is 5.18. The van der Waals surface area contributed by atoms with E-state index in [0.717, 1.165) is 12.3 Å². The fraction of sp³-hybridized carbons (Fsp3) is 0.462. The third-order valence-corrected chi connectivity index (χ3v) is 5.05. The number of hydrogen-bond donors (Lipinski definition) is 2. The first-order valence-electron chi connectivity index (χ1n) is 6.81. The Kier molecular flexibility index (Phi) is 4.73. The summed E-state index contributed by atoms with van der Waals surface area (Å²) in [4.78, 5) is 36.2. The fourth-order valence-electron chi connectivity index (χ4n) is 2.10. The predicted molar refractivity (Wildman–Crippen MR) is 77.8 cm³/mol. The van der Waals surface area contributed by atoms with Gasteiger partial charge in [0.25, 0.3) is 5.91 Å². The van der Waals surface area contributed by atoms with E-state index < -0.39 is 33.7 Å². The molecule has 1 aliphatic heterocycles. The Morgan fingerprint density at radius 3 is 2.43 bits per heavy atom. The maximum Gasteiger partial charge on any atom is 0.338 e. The Morgan fingerprint density at radius 1 is 1.30 bits per heavy atom. The molecule has 10 heteroatoms. The number of nitrogens with zero attached hydrogens (tertiary/aromatic N) is 1. The molecule has 2 N–H and O–H groups in total. The van der Waals surface area contributed by atoms with Crippen molar-refractivity contribution in [2.24, 2.45) is 0 Å². The molecule has 1 atom stereocenters. The molecule has 0 aliphatic carbocycles. The first-order valence-corrected chi connectivity index (χ1v) is 8.63. The van der Waals surface area contributed by atoms with Crippen molar-refractivity contribution in [3.63, 3.8) is 0 Å². The third kappa shape index (κ3) is 4.09. The van der Waals surface area contributed by atoms with Crippen LogP contribution in [0.3, 0.4) is 0 Å². The molecule has 126 valence electrons. The van der Waals surface area contributed by atoms with Crippen molar-refractivity contribution in [1.29, 1.82) is 0 Å². The largest absolute Gasteiger partial charge is 0.478 e. The number of aromatic carboxylic acids is 1. The average molecular weight is 344 g/mol. The summed E-state index contributed by atoms with van der Waals surface area (Å²) in [5.74, 6) is -2.77. The van der Waals surface area contributed by atoms with Gasteiger partial charge in [-0.2, -0.15) is 0 Å². The van der Waals surface area contributed by atoms with E-state index >= 15 is 0 Å². The molecular formula is C13H16N2O7S. The molecule has 1 aliphatic rings. The standard InChI is InChI=1S/C13H16N2O7S/c1-8(12(17)15-2-4-23(20,21)5-3-15)14-11(16)10-6-9(7-22-10)13(18)19/h6-8H,2-5H2,1H3,(H,14,16)(H,18,19). The van der Waals surface area contributed by atoms with E-state index in [4.69, 9.17) is 9.52 Å². The second kappa shape index (κ2) is 6.41. The van der Waals surface area contributed by atoms with Crippen LogP contribution in [0.25, 0.3) is 0 Å². The first-order chi connectivity index (χ1) is 10.7. The number of carboxylic acids is 1. The van der Waals surface area contributed by atoms with E-state index in [9.17, 15) is 22.8 Å². The van der Waals surface area contributed by atoms with Crippen molar-refractivity contribution in [2.45, 2.75) is 13.0 Å². The van der Waals surface area contributed by atoms with Crippen LogP contribution in [0, 0.1) is 0 Å². The van der Waals surface area contributed by atoms with E-state index in [1.165, 1.54) is 11.8 Å². The molecule has 0 spiro atoms. The van der Waals surface area contributed by atoms with Crippen LogP contribution in [0.1, 0.15) is 27.8 Å². The zero-order valence-electron chi connectivity index (χ0n) is 12.3.